The Bertz CT molecular complexity index is 686. The van der Waals surface area contributed by atoms with Gasteiger partial charge >= 0.3 is 0 Å². The number of rotatable bonds is 4. The second-order valence-electron chi connectivity index (χ2n) is 5.17. The third-order valence-corrected chi connectivity index (χ3v) is 4.16. The van der Waals surface area contributed by atoms with Crippen LogP contribution in [0.2, 0.25) is 0 Å². The van der Waals surface area contributed by atoms with Crippen LogP contribution in [-0.4, -0.2) is 17.9 Å². The number of benzene rings is 2. The Balaban J connectivity index is 1.70. The number of carbonyl (C=O) groups excluding carboxylic acids is 2. The van der Waals surface area contributed by atoms with Crippen molar-refractivity contribution >= 4 is 33.4 Å². The Hall–Kier alpha value is -1.98. The van der Waals surface area contributed by atoms with E-state index >= 15 is 0 Å². The quantitative estimate of drug-likeness (QED) is 0.855. The van der Waals surface area contributed by atoms with Gasteiger partial charge in [0.1, 0.15) is 0 Å². The fourth-order valence-electron chi connectivity index (χ4n) is 2.49. The number of anilines is 1. The van der Waals surface area contributed by atoms with Crippen LogP contribution in [0.3, 0.4) is 0 Å². The van der Waals surface area contributed by atoms with Crippen molar-refractivity contribution in [1.82, 2.24) is 5.32 Å². The molecule has 22 heavy (non-hydrogen) atoms. The SMILES string of the molecule is O=C1C[C@@H](NCc2ccccc2)C(=O)N1c1ccc(Br)cc1. The molecular weight excluding hydrogens is 344 g/mol. The molecule has 0 radical (unpaired) electrons. The summed E-state index contributed by atoms with van der Waals surface area (Å²) < 4.78 is 0.911. The molecule has 2 amide bonds. The highest BCUT2D eigenvalue weighted by Gasteiger charge is 2.39. The lowest BCUT2D eigenvalue weighted by molar-refractivity contribution is -0.121. The summed E-state index contributed by atoms with van der Waals surface area (Å²) in [5.41, 5.74) is 1.70. The normalized spacial score (nSPS) is 18.0. The molecule has 0 unspecified atom stereocenters. The Morgan fingerprint density at radius 3 is 2.41 bits per heavy atom. The van der Waals surface area contributed by atoms with Crippen molar-refractivity contribution in [3.63, 3.8) is 0 Å². The van der Waals surface area contributed by atoms with Crippen LogP contribution in [-0.2, 0) is 16.1 Å². The first-order chi connectivity index (χ1) is 10.6. The predicted molar refractivity (Wildman–Crippen MR) is 88.3 cm³/mol. The molecule has 1 heterocycles. The molecule has 0 spiro atoms. The molecule has 112 valence electrons. The van der Waals surface area contributed by atoms with Crippen LogP contribution >= 0.6 is 15.9 Å². The molecule has 1 atom stereocenters. The van der Waals surface area contributed by atoms with Gasteiger partial charge in [-0.25, -0.2) is 4.90 Å². The molecule has 1 fully saturated rings. The van der Waals surface area contributed by atoms with Gasteiger partial charge in [-0.15, -0.1) is 0 Å². The van der Waals surface area contributed by atoms with E-state index in [1.165, 1.54) is 4.90 Å². The van der Waals surface area contributed by atoms with Crippen molar-refractivity contribution < 1.29 is 9.59 Å². The first kappa shape index (κ1) is 14.9. The highest BCUT2D eigenvalue weighted by Crippen LogP contribution is 2.24. The van der Waals surface area contributed by atoms with E-state index in [-0.39, 0.29) is 18.2 Å². The molecule has 0 aliphatic carbocycles. The van der Waals surface area contributed by atoms with Crippen LogP contribution in [0.4, 0.5) is 5.69 Å². The summed E-state index contributed by atoms with van der Waals surface area (Å²) in [6.07, 6.45) is 0.196. The van der Waals surface area contributed by atoms with Gasteiger partial charge in [0.25, 0.3) is 5.91 Å². The minimum absolute atomic E-state index is 0.169. The van der Waals surface area contributed by atoms with Crippen LogP contribution in [0.1, 0.15) is 12.0 Å². The molecule has 4 nitrogen and oxygen atoms in total. The molecule has 5 heteroatoms. The van der Waals surface area contributed by atoms with Gasteiger partial charge in [0.2, 0.25) is 5.91 Å². The molecule has 0 aromatic heterocycles. The second kappa shape index (κ2) is 6.42. The van der Waals surface area contributed by atoms with Gasteiger partial charge in [-0.2, -0.15) is 0 Å². The average molecular weight is 359 g/mol. The van der Waals surface area contributed by atoms with Crippen LogP contribution in [0.5, 0.6) is 0 Å². The van der Waals surface area contributed by atoms with Crippen LogP contribution in [0.15, 0.2) is 59.1 Å². The van der Waals surface area contributed by atoms with Gasteiger partial charge in [-0.3, -0.25) is 9.59 Å². The van der Waals surface area contributed by atoms with E-state index in [9.17, 15) is 9.59 Å². The number of imide groups is 1. The Morgan fingerprint density at radius 1 is 1.05 bits per heavy atom. The number of amides is 2. The zero-order chi connectivity index (χ0) is 15.5. The van der Waals surface area contributed by atoms with Gasteiger partial charge in [-0.05, 0) is 29.8 Å². The van der Waals surface area contributed by atoms with Crippen molar-refractivity contribution in [2.75, 3.05) is 4.90 Å². The number of hydrogen-bond donors (Lipinski definition) is 1. The van der Waals surface area contributed by atoms with Gasteiger partial charge in [0, 0.05) is 11.0 Å². The van der Waals surface area contributed by atoms with Gasteiger partial charge in [0.05, 0.1) is 18.2 Å². The third kappa shape index (κ3) is 3.10. The summed E-state index contributed by atoms with van der Waals surface area (Å²) in [6, 6.07) is 16.5. The fourth-order valence-corrected chi connectivity index (χ4v) is 2.75. The van der Waals surface area contributed by atoms with Gasteiger partial charge in [-0.1, -0.05) is 46.3 Å². The molecule has 1 saturated heterocycles. The number of nitrogens with one attached hydrogen (secondary N) is 1. The molecule has 1 aliphatic heterocycles. The van der Waals surface area contributed by atoms with E-state index in [0.717, 1.165) is 10.0 Å². The molecule has 0 bridgehead atoms. The fraction of sp³-hybridized carbons (Fsp3) is 0.176. The van der Waals surface area contributed by atoms with E-state index in [2.05, 4.69) is 21.2 Å². The zero-order valence-corrected chi connectivity index (χ0v) is 13.4. The largest absolute Gasteiger partial charge is 0.301 e. The lowest BCUT2D eigenvalue weighted by Gasteiger charge is -2.15. The highest BCUT2D eigenvalue weighted by molar-refractivity contribution is 9.10. The number of hydrogen-bond acceptors (Lipinski definition) is 3. The average Bonchev–Trinajstić information content (AvgIpc) is 2.82. The van der Waals surface area contributed by atoms with E-state index in [1.54, 1.807) is 12.1 Å². The maximum Gasteiger partial charge on any atom is 0.251 e. The van der Waals surface area contributed by atoms with E-state index < -0.39 is 6.04 Å². The summed E-state index contributed by atoms with van der Waals surface area (Å²) in [4.78, 5) is 25.9. The van der Waals surface area contributed by atoms with Crippen molar-refractivity contribution in [2.24, 2.45) is 0 Å². The van der Waals surface area contributed by atoms with Crippen molar-refractivity contribution in [2.45, 2.75) is 19.0 Å². The number of carbonyl (C=O) groups is 2. The van der Waals surface area contributed by atoms with E-state index in [1.807, 2.05) is 42.5 Å². The van der Waals surface area contributed by atoms with Crippen molar-refractivity contribution in [1.29, 1.82) is 0 Å². The molecule has 2 aromatic carbocycles. The van der Waals surface area contributed by atoms with Crippen molar-refractivity contribution in [3.05, 3.63) is 64.6 Å². The highest BCUT2D eigenvalue weighted by atomic mass is 79.9. The first-order valence-corrected chi connectivity index (χ1v) is 7.84. The molecule has 0 saturated carbocycles. The molecule has 2 aromatic rings. The maximum atomic E-state index is 12.5. The van der Waals surface area contributed by atoms with Crippen LogP contribution in [0.25, 0.3) is 0 Å². The summed E-state index contributed by atoms with van der Waals surface area (Å²) in [5.74, 6) is -0.360. The minimum atomic E-state index is -0.462. The number of halogens is 1. The number of nitrogens with zero attached hydrogens (tertiary/aromatic N) is 1. The summed E-state index contributed by atoms with van der Waals surface area (Å²) in [5, 5.41) is 3.17. The topological polar surface area (TPSA) is 49.4 Å². The monoisotopic (exact) mass is 358 g/mol. The first-order valence-electron chi connectivity index (χ1n) is 7.05. The zero-order valence-electron chi connectivity index (χ0n) is 11.8. The van der Waals surface area contributed by atoms with E-state index in [0.29, 0.717) is 12.2 Å². The summed E-state index contributed by atoms with van der Waals surface area (Å²) >= 11 is 3.35. The Labute approximate surface area is 137 Å². The van der Waals surface area contributed by atoms with Crippen LogP contribution < -0.4 is 10.2 Å². The van der Waals surface area contributed by atoms with Crippen LogP contribution in [0, 0.1) is 0 Å². The lowest BCUT2D eigenvalue weighted by atomic mass is 10.2. The maximum absolute atomic E-state index is 12.5. The molecule has 1 N–H and O–H groups in total. The van der Waals surface area contributed by atoms with Gasteiger partial charge in [0.15, 0.2) is 0 Å². The Kier molecular flexibility index (Phi) is 4.36. The predicted octanol–water partition coefficient (Wildman–Crippen LogP) is 2.87. The lowest BCUT2D eigenvalue weighted by Crippen LogP contribution is -2.38. The summed E-state index contributed by atoms with van der Waals surface area (Å²) in [6.45, 7) is 0.568. The van der Waals surface area contributed by atoms with E-state index in [4.69, 9.17) is 0 Å². The molecule has 3 rings (SSSR count). The summed E-state index contributed by atoms with van der Waals surface area (Å²) in [7, 11) is 0. The second-order valence-corrected chi connectivity index (χ2v) is 6.08. The Morgan fingerprint density at radius 2 is 1.73 bits per heavy atom. The van der Waals surface area contributed by atoms with Gasteiger partial charge < -0.3 is 5.32 Å². The minimum Gasteiger partial charge on any atom is -0.301 e. The smallest absolute Gasteiger partial charge is 0.251 e. The standard InChI is InChI=1S/C17H15BrN2O2/c18-13-6-8-14(9-7-13)20-16(21)10-15(17(20)22)19-11-12-4-2-1-3-5-12/h1-9,15,19H,10-11H2/t15-/m1/s1. The third-order valence-electron chi connectivity index (χ3n) is 3.63. The molecular formula is C17H15BrN2O2. The van der Waals surface area contributed by atoms with Crippen molar-refractivity contribution in [3.8, 4) is 0 Å². The molecule has 1 aliphatic rings.